The first-order valence-corrected chi connectivity index (χ1v) is 7.46. The lowest BCUT2D eigenvalue weighted by atomic mass is 10.1. The van der Waals surface area contributed by atoms with Gasteiger partial charge in [-0.25, -0.2) is 4.39 Å². The second kappa shape index (κ2) is 7.91. The highest BCUT2D eigenvalue weighted by molar-refractivity contribution is 5.24. The summed E-state index contributed by atoms with van der Waals surface area (Å²) >= 11 is 0. The molecule has 112 valence electrons. The van der Waals surface area contributed by atoms with Crippen molar-refractivity contribution in [3.63, 3.8) is 0 Å². The fraction of sp³-hybridized carbons (Fsp3) is 0.333. The molecule has 2 N–H and O–H groups in total. The summed E-state index contributed by atoms with van der Waals surface area (Å²) in [4.78, 5) is 2.27. The van der Waals surface area contributed by atoms with Crippen LogP contribution < -0.4 is 5.73 Å². The van der Waals surface area contributed by atoms with E-state index in [0.717, 1.165) is 30.6 Å². The zero-order chi connectivity index (χ0) is 15.1. The predicted octanol–water partition coefficient (Wildman–Crippen LogP) is 3.70. The Kier molecular flexibility index (Phi) is 5.90. The van der Waals surface area contributed by atoms with Gasteiger partial charge in [0.15, 0.2) is 0 Å². The van der Waals surface area contributed by atoms with Gasteiger partial charge in [0.1, 0.15) is 5.82 Å². The minimum atomic E-state index is -0.160. The van der Waals surface area contributed by atoms with Crippen LogP contribution in [0, 0.1) is 5.82 Å². The Morgan fingerprint density at radius 1 is 1.00 bits per heavy atom. The van der Waals surface area contributed by atoms with Crippen molar-refractivity contribution >= 4 is 0 Å². The SMILES string of the molecule is CCCN(Cc1ccccc1)Cc1ccc(CN)cc1F. The molecule has 0 saturated carbocycles. The molecule has 0 aliphatic rings. The summed E-state index contributed by atoms with van der Waals surface area (Å²) < 4.78 is 14.1. The van der Waals surface area contributed by atoms with Crippen LogP contribution >= 0.6 is 0 Å². The molecule has 0 bridgehead atoms. The third kappa shape index (κ3) is 4.66. The monoisotopic (exact) mass is 286 g/mol. The molecule has 0 heterocycles. The first-order valence-electron chi connectivity index (χ1n) is 7.46. The van der Waals surface area contributed by atoms with E-state index in [2.05, 4.69) is 24.0 Å². The molecule has 21 heavy (non-hydrogen) atoms. The van der Waals surface area contributed by atoms with Gasteiger partial charge in [-0.05, 0) is 30.2 Å². The molecule has 0 radical (unpaired) electrons. The van der Waals surface area contributed by atoms with Crippen LogP contribution in [-0.2, 0) is 19.6 Å². The maximum Gasteiger partial charge on any atom is 0.128 e. The molecule has 2 aromatic carbocycles. The van der Waals surface area contributed by atoms with Crippen molar-refractivity contribution in [2.75, 3.05) is 6.54 Å². The fourth-order valence-electron chi connectivity index (χ4n) is 2.46. The minimum absolute atomic E-state index is 0.160. The highest BCUT2D eigenvalue weighted by Gasteiger charge is 2.10. The van der Waals surface area contributed by atoms with Crippen LogP contribution in [0.4, 0.5) is 4.39 Å². The molecule has 2 aromatic rings. The van der Waals surface area contributed by atoms with Gasteiger partial charge >= 0.3 is 0 Å². The molecular weight excluding hydrogens is 263 g/mol. The van der Waals surface area contributed by atoms with E-state index in [-0.39, 0.29) is 5.82 Å². The molecule has 0 fully saturated rings. The summed E-state index contributed by atoms with van der Waals surface area (Å²) in [5.41, 5.74) is 8.36. The third-order valence-corrected chi connectivity index (χ3v) is 3.54. The van der Waals surface area contributed by atoms with Crippen LogP contribution in [0.15, 0.2) is 48.5 Å². The van der Waals surface area contributed by atoms with Gasteiger partial charge in [0.05, 0.1) is 0 Å². The highest BCUT2D eigenvalue weighted by atomic mass is 19.1. The van der Waals surface area contributed by atoms with Crippen molar-refractivity contribution in [1.29, 1.82) is 0 Å². The second-order valence-electron chi connectivity index (χ2n) is 5.33. The quantitative estimate of drug-likeness (QED) is 0.841. The Balaban J connectivity index is 2.09. The smallest absolute Gasteiger partial charge is 0.128 e. The van der Waals surface area contributed by atoms with E-state index in [4.69, 9.17) is 5.73 Å². The molecule has 0 aromatic heterocycles. The summed E-state index contributed by atoms with van der Waals surface area (Å²) in [6, 6.07) is 15.6. The van der Waals surface area contributed by atoms with Gasteiger partial charge in [0, 0.05) is 25.2 Å². The molecule has 0 atom stereocenters. The molecule has 0 aliphatic carbocycles. The van der Waals surface area contributed by atoms with Gasteiger partial charge in [-0.2, -0.15) is 0 Å². The Labute approximate surface area is 126 Å². The van der Waals surface area contributed by atoms with Gasteiger partial charge in [0.25, 0.3) is 0 Å². The zero-order valence-electron chi connectivity index (χ0n) is 12.6. The van der Waals surface area contributed by atoms with Crippen LogP contribution in [0.5, 0.6) is 0 Å². The fourth-order valence-corrected chi connectivity index (χ4v) is 2.46. The molecule has 0 saturated heterocycles. The van der Waals surface area contributed by atoms with Gasteiger partial charge in [0.2, 0.25) is 0 Å². The summed E-state index contributed by atoms with van der Waals surface area (Å²) in [6.45, 7) is 4.94. The Morgan fingerprint density at radius 3 is 2.38 bits per heavy atom. The van der Waals surface area contributed by atoms with E-state index in [1.807, 2.05) is 30.3 Å². The number of nitrogens with zero attached hydrogens (tertiary/aromatic N) is 1. The number of benzene rings is 2. The number of hydrogen-bond donors (Lipinski definition) is 1. The molecule has 0 spiro atoms. The van der Waals surface area contributed by atoms with Crippen molar-refractivity contribution < 1.29 is 4.39 Å². The highest BCUT2D eigenvalue weighted by Crippen LogP contribution is 2.15. The molecule has 0 unspecified atom stereocenters. The van der Waals surface area contributed by atoms with Crippen molar-refractivity contribution in [3.05, 3.63) is 71.0 Å². The van der Waals surface area contributed by atoms with Gasteiger partial charge in [-0.3, -0.25) is 4.90 Å². The number of hydrogen-bond acceptors (Lipinski definition) is 2. The van der Waals surface area contributed by atoms with Gasteiger partial charge in [-0.15, -0.1) is 0 Å². The largest absolute Gasteiger partial charge is 0.326 e. The first-order chi connectivity index (χ1) is 10.2. The lowest BCUT2D eigenvalue weighted by Crippen LogP contribution is -2.24. The van der Waals surface area contributed by atoms with E-state index in [9.17, 15) is 4.39 Å². The van der Waals surface area contributed by atoms with Crippen molar-refractivity contribution in [2.45, 2.75) is 33.0 Å². The second-order valence-corrected chi connectivity index (χ2v) is 5.33. The van der Waals surface area contributed by atoms with Gasteiger partial charge in [-0.1, -0.05) is 49.4 Å². The summed E-state index contributed by atoms with van der Waals surface area (Å²) in [7, 11) is 0. The topological polar surface area (TPSA) is 29.3 Å². The maximum absolute atomic E-state index is 14.1. The third-order valence-electron chi connectivity index (χ3n) is 3.54. The van der Waals surface area contributed by atoms with Crippen molar-refractivity contribution in [1.82, 2.24) is 4.90 Å². The van der Waals surface area contributed by atoms with E-state index < -0.39 is 0 Å². The number of nitrogens with two attached hydrogens (primary N) is 1. The molecule has 2 nitrogen and oxygen atoms in total. The van der Waals surface area contributed by atoms with Crippen LogP contribution in [0.3, 0.4) is 0 Å². The standard InChI is InChI=1S/C18H23FN2/c1-2-10-21(13-15-6-4-3-5-7-15)14-17-9-8-16(12-20)11-18(17)19/h3-9,11H,2,10,12-14,20H2,1H3. The van der Waals surface area contributed by atoms with Crippen LogP contribution in [0.1, 0.15) is 30.0 Å². The van der Waals surface area contributed by atoms with E-state index in [0.29, 0.717) is 13.1 Å². The molecular formula is C18H23FN2. The molecule has 2 rings (SSSR count). The normalized spacial score (nSPS) is 11.0. The van der Waals surface area contributed by atoms with Gasteiger partial charge < -0.3 is 5.73 Å². The average molecular weight is 286 g/mol. The minimum Gasteiger partial charge on any atom is -0.326 e. The summed E-state index contributed by atoms with van der Waals surface area (Å²) in [5, 5.41) is 0. The Hall–Kier alpha value is -1.71. The molecule has 3 heteroatoms. The first kappa shape index (κ1) is 15.7. The van der Waals surface area contributed by atoms with Crippen molar-refractivity contribution in [3.8, 4) is 0 Å². The number of rotatable bonds is 7. The summed E-state index contributed by atoms with van der Waals surface area (Å²) in [5.74, 6) is -0.160. The maximum atomic E-state index is 14.1. The molecule has 0 aliphatic heterocycles. The average Bonchev–Trinajstić information content (AvgIpc) is 2.50. The van der Waals surface area contributed by atoms with Crippen LogP contribution in [-0.4, -0.2) is 11.4 Å². The molecule has 0 amide bonds. The van der Waals surface area contributed by atoms with E-state index in [1.54, 1.807) is 6.07 Å². The van der Waals surface area contributed by atoms with E-state index >= 15 is 0 Å². The predicted molar refractivity (Wildman–Crippen MR) is 85.1 cm³/mol. The number of halogens is 1. The Bertz CT molecular complexity index is 554. The van der Waals surface area contributed by atoms with E-state index in [1.165, 1.54) is 5.56 Å². The Morgan fingerprint density at radius 2 is 1.76 bits per heavy atom. The lowest BCUT2D eigenvalue weighted by Gasteiger charge is -2.22. The van der Waals surface area contributed by atoms with Crippen molar-refractivity contribution in [2.24, 2.45) is 5.73 Å². The zero-order valence-corrected chi connectivity index (χ0v) is 12.6. The summed E-state index contributed by atoms with van der Waals surface area (Å²) in [6.07, 6.45) is 1.05. The van der Waals surface area contributed by atoms with Crippen LogP contribution in [0.25, 0.3) is 0 Å². The van der Waals surface area contributed by atoms with Crippen LogP contribution in [0.2, 0.25) is 0 Å². The lowest BCUT2D eigenvalue weighted by molar-refractivity contribution is 0.253.